The van der Waals surface area contributed by atoms with E-state index in [1.165, 1.54) is 33.6 Å². The van der Waals surface area contributed by atoms with E-state index in [-0.39, 0.29) is 0 Å². The zero-order valence-electron chi connectivity index (χ0n) is 17.6. The summed E-state index contributed by atoms with van der Waals surface area (Å²) in [4.78, 5) is 18.7. The zero-order valence-corrected chi connectivity index (χ0v) is 18.4. The number of fused-ring (bicyclic) bond motifs is 3. The van der Waals surface area contributed by atoms with Crippen LogP contribution < -0.4 is 10.2 Å². The van der Waals surface area contributed by atoms with Gasteiger partial charge in [0.2, 0.25) is 0 Å². The summed E-state index contributed by atoms with van der Waals surface area (Å²) in [6, 6.07) is 6.09. The van der Waals surface area contributed by atoms with Gasteiger partial charge in [-0.3, -0.25) is 4.98 Å². The molecule has 0 spiro atoms. The van der Waals surface area contributed by atoms with Gasteiger partial charge in [-0.15, -0.1) is 11.3 Å². The number of nitrogens with one attached hydrogen (secondary N) is 2. The second kappa shape index (κ2) is 8.96. The van der Waals surface area contributed by atoms with Crippen LogP contribution in [0.1, 0.15) is 35.3 Å². The van der Waals surface area contributed by atoms with Gasteiger partial charge in [-0.25, -0.2) is 9.97 Å². The van der Waals surface area contributed by atoms with Crippen molar-refractivity contribution in [3.8, 4) is 0 Å². The maximum atomic E-state index is 5.51. The standard InChI is InChI=1S/C23H29N5OS/c1-16-5-6-18-19(14-16)30-23-21(18)22(25-9-7-17-4-2-3-8-24-17)26-20(27-23)15-28-10-12-29-13-11-28/h2-4,8,16H,5-7,9-15H2,1H3,(H,25,26,27)/p+1/t16-/m0/s1. The first kappa shape index (κ1) is 19.8. The van der Waals surface area contributed by atoms with Gasteiger partial charge in [0.05, 0.1) is 18.6 Å². The average molecular weight is 425 g/mol. The van der Waals surface area contributed by atoms with Crippen LogP contribution in [-0.2, 0) is 30.5 Å². The fourth-order valence-electron chi connectivity index (χ4n) is 4.51. The molecule has 158 valence electrons. The Balaban J connectivity index is 1.43. The number of aromatic nitrogens is 3. The van der Waals surface area contributed by atoms with Crippen molar-refractivity contribution in [1.82, 2.24) is 15.0 Å². The number of nitrogens with zero attached hydrogens (tertiary/aromatic N) is 3. The summed E-state index contributed by atoms with van der Waals surface area (Å²) in [5.41, 5.74) is 2.59. The highest BCUT2D eigenvalue weighted by molar-refractivity contribution is 7.19. The fourth-order valence-corrected chi connectivity index (χ4v) is 5.91. The lowest BCUT2D eigenvalue weighted by molar-refractivity contribution is -0.922. The first-order valence-corrected chi connectivity index (χ1v) is 11.9. The van der Waals surface area contributed by atoms with Crippen LogP contribution in [-0.4, -0.2) is 47.8 Å². The van der Waals surface area contributed by atoms with E-state index in [2.05, 4.69) is 23.3 Å². The number of hydrogen-bond acceptors (Lipinski definition) is 6. The van der Waals surface area contributed by atoms with E-state index in [1.54, 1.807) is 0 Å². The predicted octanol–water partition coefficient (Wildman–Crippen LogP) is 2.28. The molecule has 1 saturated heterocycles. The number of rotatable bonds is 6. The normalized spacial score (nSPS) is 19.7. The SMILES string of the molecule is C[C@H]1CCc2c(sc3nc(C[NH+]4CCOCC4)nc(NCCc4ccccn4)c23)C1. The molecule has 1 aliphatic carbocycles. The molecule has 2 N–H and O–H groups in total. The van der Waals surface area contributed by atoms with Crippen molar-refractivity contribution >= 4 is 27.4 Å². The molecule has 0 aromatic carbocycles. The van der Waals surface area contributed by atoms with E-state index in [4.69, 9.17) is 14.7 Å². The highest BCUT2D eigenvalue weighted by Gasteiger charge is 2.25. The number of morpholine rings is 1. The van der Waals surface area contributed by atoms with E-state index in [0.29, 0.717) is 0 Å². The number of thiophene rings is 1. The summed E-state index contributed by atoms with van der Waals surface area (Å²) in [6.45, 7) is 7.78. The van der Waals surface area contributed by atoms with Gasteiger partial charge in [0.1, 0.15) is 30.3 Å². The summed E-state index contributed by atoms with van der Waals surface area (Å²) >= 11 is 1.89. The second-order valence-electron chi connectivity index (χ2n) is 8.56. The molecular weight excluding hydrogens is 394 g/mol. The summed E-state index contributed by atoms with van der Waals surface area (Å²) < 4.78 is 5.51. The molecule has 1 fully saturated rings. The Morgan fingerprint density at radius 1 is 1.23 bits per heavy atom. The number of aryl methyl sites for hydroxylation is 1. The van der Waals surface area contributed by atoms with Gasteiger partial charge in [-0.2, -0.15) is 0 Å². The van der Waals surface area contributed by atoms with Crippen molar-refractivity contribution in [3.63, 3.8) is 0 Å². The first-order valence-electron chi connectivity index (χ1n) is 11.1. The van der Waals surface area contributed by atoms with Gasteiger partial charge in [0.25, 0.3) is 0 Å². The Bertz CT molecular complexity index is 1000. The largest absolute Gasteiger partial charge is 0.370 e. The Hall–Kier alpha value is -2.09. The lowest BCUT2D eigenvalue weighted by Gasteiger charge is -2.23. The molecule has 0 unspecified atom stereocenters. The third-order valence-corrected chi connectivity index (χ3v) is 7.36. The van der Waals surface area contributed by atoms with Gasteiger partial charge in [0.15, 0.2) is 5.82 Å². The summed E-state index contributed by atoms with van der Waals surface area (Å²) in [7, 11) is 0. The molecule has 7 heteroatoms. The van der Waals surface area contributed by atoms with E-state index >= 15 is 0 Å². The zero-order chi connectivity index (χ0) is 20.3. The number of pyridine rings is 1. The summed E-state index contributed by atoms with van der Waals surface area (Å²) in [5.74, 6) is 2.73. The molecule has 4 heterocycles. The minimum atomic E-state index is 0.761. The third kappa shape index (κ3) is 4.33. The fraction of sp³-hybridized carbons (Fsp3) is 0.522. The van der Waals surface area contributed by atoms with E-state index < -0.39 is 0 Å². The molecule has 5 rings (SSSR count). The highest BCUT2D eigenvalue weighted by Crippen LogP contribution is 2.40. The number of anilines is 1. The van der Waals surface area contributed by atoms with E-state index in [0.717, 1.165) is 80.3 Å². The van der Waals surface area contributed by atoms with Crippen molar-refractivity contribution in [3.05, 3.63) is 46.4 Å². The molecule has 3 aromatic heterocycles. The van der Waals surface area contributed by atoms with Crippen molar-refractivity contribution in [2.24, 2.45) is 5.92 Å². The first-order chi connectivity index (χ1) is 14.8. The molecule has 1 aliphatic heterocycles. The summed E-state index contributed by atoms with van der Waals surface area (Å²) in [5, 5.41) is 4.91. The molecule has 0 amide bonds. The second-order valence-corrected chi connectivity index (χ2v) is 9.64. The minimum Gasteiger partial charge on any atom is -0.370 e. The lowest BCUT2D eigenvalue weighted by Crippen LogP contribution is -3.12. The van der Waals surface area contributed by atoms with Crippen LogP contribution >= 0.6 is 11.3 Å². The smallest absolute Gasteiger partial charge is 0.187 e. The average Bonchev–Trinajstić information content (AvgIpc) is 3.12. The quantitative estimate of drug-likeness (QED) is 0.636. The van der Waals surface area contributed by atoms with Gasteiger partial charge in [-0.05, 0) is 42.9 Å². The van der Waals surface area contributed by atoms with E-state index in [9.17, 15) is 0 Å². The van der Waals surface area contributed by atoms with Crippen molar-refractivity contribution in [2.45, 2.75) is 39.2 Å². The number of hydrogen-bond donors (Lipinski definition) is 2. The van der Waals surface area contributed by atoms with Gasteiger partial charge in [0, 0.05) is 29.7 Å². The molecule has 0 saturated carbocycles. The van der Waals surface area contributed by atoms with Crippen LogP contribution in [0, 0.1) is 5.92 Å². The van der Waals surface area contributed by atoms with Crippen LogP contribution in [0.5, 0.6) is 0 Å². The number of ether oxygens (including phenoxy) is 1. The van der Waals surface area contributed by atoms with Gasteiger partial charge >= 0.3 is 0 Å². The molecule has 3 aromatic rings. The molecule has 6 nitrogen and oxygen atoms in total. The van der Waals surface area contributed by atoms with Crippen LogP contribution in [0.25, 0.3) is 10.2 Å². The summed E-state index contributed by atoms with van der Waals surface area (Å²) in [6.07, 6.45) is 6.32. The monoisotopic (exact) mass is 424 g/mol. The molecule has 0 radical (unpaired) electrons. The number of quaternary nitrogens is 1. The van der Waals surface area contributed by atoms with Crippen molar-refractivity contribution < 1.29 is 9.64 Å². The third-order valence-electron chi connectivity index (χ3n) is 6.21. The van der Waals surface area contributed by atoms with Crippen LogP contribution in [0.15, 0.2) is 24.4 Å². The van der Waals surface area contributed by atoms with Crippen molar-refractivity contribution in [1.29, 1.82) is 0 Å². The maximum absolute atomic E-state index is 5.51. The molecule has 0 bridgehead atoms. The Morgan fingerprint density at radius 2 is 2.13 bits per heavy atom. The van der Waals surface area contributed by atoms with Crippen LogP contribution in [0.3, 0.4) is 0 Å². The molecule has 1 atom stereocenters. The Kier molecular flexibility index (Phi) is 5.93. The topological polar surface area (TPSA) is 64.4 Å². The molecule has 2 aliphatic rings. The minimum absolute atomic E-state index is 0.761. The maximum Gasteiger partial charge on any atom is 0.187 e. The highest BCUT2D eigenvalue weighted by atomic mass is 32.1. The van der Waals surface area contributed by atoms with Gasteiger partial charge in [-0.1, -0.05) is 13.0 Å². The predicted molar refractivity (Wildman–Crippen MR) is 120 cm³/mol. The molecule has 30 heavy (non-hydrogen) atoms. The van der Waals surface area contributed by atoms with E-state index in [1.807, 2.05) is 29.7 Å². The lowest BCUT2D eigenvalue weighted by atomic mass is 9.89. The Morgan fingerprint density at radius 3 is 2.97 bits per heavy atom. The van der Waals surface area contributed by atoms with Crippen molar-refractivity contribution in [2.75, 3.05) is 38.2 Å². The van der Waals surface area contributed by atoms with Crippen LogP contribution in [0.2, 0.25) is 0 Å². The Labute approximate surface area is 181 Å². The van der Waals surface area contributed by atoms with Gasteiger partial charge < -0.3 is 15.0 Å². The van der Waals surface area contributed by atoms with Crippen LogP contribution in [0.4, 0.5) is 5.82 Å². The molecular formula is C23H30N5OS+.